The quantitative estimate of drug-likeness (QED) is 0.169. The number of aromatic amines is 2. The molecule has 45 heavy (non-hydrogen) atoms. The Morgan fingerprint density at radius 1 is 0.689 bits per heavy atom. The van der Waals surface area contributed by atoms with E-state index in [4.69, 9.17) is 0 Å². The second-order valence-corrected chi connectivity index (χ2v) is 12.2. The topological polar surface area (TPSA) is 164 Å². The number of aromatic nitrogens is 2. The van der Waals surface area contributed by atoms with Crippen LogP contribution in [0.5, 0.6) is 0 Å². The number of amides is 2. The van der Waals surface area contributed by atoms with Crippen LogP contribution in [0.25, 0.3) is 12.2 Å². The number of aliphatic carboxylic acids is 2. The van der Waals surface area contributed by atoms with Crippen LogP contribution in [0.1, 0.15) is 124 Å². The monoisotopic (exact) mass is 616 g/mol. The lowest BCUT2D eigenvalue weighted by Crippen LogP contribution is -2.15. The van der Waals surface area contributed by atoms with Gasteiger partial charge in [-0.15, -0.1) is 0 Å². The molecule has 10 nitrogen and oxygen atoms in total. The minimum atomic E-state index is -0.905. The van der Waals surface area contributed by atoms with E-state index in [-0.39, 0.29) is 36.5 Å². The van der Waals surface area contributed by atoms with Crippen molar-refractivity contribution in [3.63, 3.8) is 0 Å². The largest absolute Gasteiger partial charge is 0.481 e. The van der Waals surface area contributed by atoms with Gasteiger partial charge in [0.1, 0.15) is 0 Å². The van der Waals surface area contributed by atoms with Gasteiger partial charge < -0.3 is 30.8 Å². The zero-order valence-electron chi connectivity index (χ0n) is 27.4. The highest BCUT2D eigenvalue weighted by Crippen LogP contribution is 2.37. The molecule has 2 aromatic heterocycles. The van der Waals surface area contributed by atoms with E-state index in [1.165, 1.54) is 0 Å². The summed E-state index contributed by atoms with van der Waals surface area (Å²) >= 11 is 0. The van der Waals surface area contributed by atoms with Gasteiger partial charge in [0.2, 0.25) is 0 Å². The lowest BCUT2D eigenvalue weighted by molar-refractivity contribution is -0.138. The van der Waals surface area contributed by atoms with Crippen molar-refractivity contribution in [1.82, 2.24) is 20.6 Å². The van der Waals surface area contributed by atoms with Gasteiger partial charge in [0.25, 0.3) is 11.8 Å². The maximum atomic E-state index is 12.4. The molecule has 0 aliphatic carbocycles. The van der Waals surface area contributed by atoms with E-state index in [1.54, 1.807) is 13.8 Å². The number of rotatable bonds is 12. The van der Waals surface area contributed by atoms with Gasteiger partial charge in [-0.05, 0) is 97.9 Å². The molecule has 0 saturated heterocycles. The highest BCUT2D eigenvalue weighted by molar-refractivity contribution is 6.01. The second kappa shape index (κ2) is 13.2. The third kappa shape index (κ3) is 6.60. The van der Waals surface area contributed by atoms with Gasteiger partial charge in [0.15, 0.2) is 0 Å². The maximum absolute atomic E-state index is 12.4. The fourth-order valence-corrected chi connectivity index (χ4v) is 6.90. The van der Waals surface area contributed by atoms with Crippen LogP contribution in [-0.2, 0) is 25.6 Å². The van der Waals surface area contributed by atoms with Crippen LogP contribution >= 0.6 is 0 Å². The highest BCUT2D eigenvalue weighted by atomic mass is 16.4. The summed E-state index contributed by atoms with van der Waals surface area (Å²) in [6.07, 6.45) is 5.44. The lowest BCUT2D eigenvalue weighted by atomic mass is 9.89. The lowest BCUT2D eigenvalue weighted by Gasteiger charge is -2.15. The first-order valence-corrected chi connectivity index (χ1v) is 15.5. The van der Waals surface area contributed by atoms with Crippen LogP contribution in [0.3, 0.4) is 0 Å². The molecular weight excluding hydrogens is 572 g/mol. The SMILES string of the molecule is CCC1=C(C)C(=O)N/C1=C\c1[nH]c(Cc2[nH]c(/C=C3/NC(=O)C(C)=C3CC)c(C)c2[C@@H](C)CC(=O)O)c([C@@H](C)CC(=O)O)c1C. The van der Waals surface area contributed by atoms with E-state index >= 15 is 0 Å². The number of hydrogen-bond donors (Lipinski definition) is 6. The van der Waals surface area contributed by atoms with Crippen LogP contribution < -0.4 is 10.6 Å². The van der Waals surface area contributed by atoms with E-state index in [2.05, 4.69) is 20.6 Å². The molecule has 4 rings (SSSR count). The van der Waals surface area contributed by atoms with E-state index < -0.39 is 11.9 Å². The number of carboxylic acid groups (broad SMARTS) is 2. The van der Waals surface area contributed by atoms with Crippen LogP contribution in [0, 0.1) is 13.8 Å². The van der Waals surface area contributed by atoms with Crippen LogP contribution in [0.15, 0.2) is 33.7 Å². The number of carboxylic acids is 2. The Kier molecular flexibility index (Phi) is 9.75. The van der Waals surface area contributed by atoms with Gasteiger partial charge in [-0.1, -0.05) is 27.7 Å². The van der Waals surface area contributed by atoms with Crippen molar-refractivity contribution < 1.29 is 29.4 Å². The van der Waals surface area contributed by atoms with Gasteiger partial charge in [0, 0.05) is 51.7 Å². The van der Waals surface area contributed by atoms with Crippen LogP contribution in [0.4, 0.5) is 0 Å². The Hall–Kier alpha value is -4.60. The Morgan fingerprint density at radius 3 is 1.36 bits per heavy atom. The van der Waals surface area contributed by atoms with E-state index in [1.807, 2.05) is 53.7 Å². The van der Waals surface area contributed by atoms with Crippen molar-refractivity contribution in [2.24, 2.45) is 0 Å². The number of H-pyrrole nitrogens is 2. The van der Waals surface area contributed by atoms with Gasteiger partial charge >= 0.3 is 11.9 Å². The van der Waals surface area contributed by atoms with Crippen molar-refractivity contribution in [1.29, 1.82) is 0 Å². The summed E-state index contributed by atoms with van der Waals surface area (Å²) in [6, 6.07) is 0. The summed E-state index contributed by atoms with van der Waals surface area (Å²) < 4.78 is 0. The van der Waals surface area contributed by atoms with Crippen LogP contribution in [0.2, 0.25) is 0 Å². The van der Waals surface area contributed by atoms with Crippen molar-refractivity contribution in [2.45, 2.75) is 99.3 Å². The molecule has 2 amide bonds. The molecule has 0 radical (unpaired) electrons. The summed E-state index contributed by atoms with van der Waals surface area (Å²) in [6.45, 7) is 15.3. The fourth-order valence-electron chi connectivity index (χ4n) is 6.90. The van der Waals surface area contributed by atoms with Gasteiger partial charge in [-0.2, -0.15) is 0 Å². The maximum Gasteiger partial charge on any atom is 0.303 e. The molecule has 0 fully saturated rings. The Morgan fingerprint density at radius 2 is 1.04 bits per heavy atom. The zero-order chi connectivity index (χ0) is 33.3. The summed E-state index contributed by atoms with van der Waals surface area (Å²) in [5.74, 6) is -2.69. The fraction of sp³-hybridized carbons (Fsp3) is 0.429. The number of carbonyl (C=O) groups is 4. The van der Waals surface area contributed by atoms with Crippen molar-refractivity contribution >= 4 is 35.9 Å². The molecule has 6 N–H and O–H groups in total. The molecule has 0 saturated carbocycles. The second-order valence-electron chi connectivity index (χ2n) is 12.2. The summed E-state index contributed by atoms with van der Waals surface area (Å²) in [7, 11) is 0. The number of nitrogens with one attached hydrogen (secondary N) is 4. The predicted molar refractivity (Wildman–Crippen MR) is 173 cm³/mol. The first kappa shape index (κ1) is 33.3. The molecule has 240 valence electrons. The van der Waals surface area contributed by atoms with Crippen molar-refractivity contribution in [2.75, 3.05) is 0 Å². The molecule has 2 aliphatic heterocycles. The Labute approximate surface area is 263 Å². The summed E-state index contributed by atoms with van der Waals surface area (Å²) in [5.41, 5.74) is 11.4. The molecule has 4 heterocycles. The zero-order valence-corrected chi connectivity index (χ0v) is 27.4. The molecule has 0 unspecified atom stereocenters. The van der Waals surface area contributed by atoms with E-state index in [0.29, 0.717) is 30.4 Å². The van der Waals surface area contributed by atoms with E-state index in [0.717, 1.165) is 67.6 Å². The van der Waals surface area contributed by atoms with Gasteiger partial charge in [-0.25, -0.2) is 0 Å². The average Bonchev–Trinajstić information content (AvgIpc) is 3.60. The predicted octanol–water partition coefficient (Wildman–Crippen LogP) is 6.10. The highest BCUT2D eigenvalue weighted by Gasteiger charge is 2.28. The molecule has 0 spiro atoms. The minimum Gasteiger partial charge on any atom is -0.481 e. The Bertz CT molecular complexity index is 1590. The smallest absolute Gasteiger partial charge is 0.303 e. The first-order valence-electron chi connectivity index (χ1n) is 15.5. The summed E-state index contributed by atoms with van der Waals surface area (Å²) in [4.78, 5) is 55.5. The molecule has 0 bridgehead atoms. The molecule has 2 aliphatic rings. The third-order valence-electron chi connectivity index (χ3n) is 9.16. The number of allylic oxidation sites excluding steroid dienone is 2. The number of carbonyl (C=O) groups excluding carboxylic acids is 2. The Balaban J connectivity index is 1.87. The molecule has 0 aromatic carbocycles. The van der Waals surface area contributed by atoms with E-state index in [9.17, 15) is 29.4 Å². The molecule has 10 heteroatoms. The minimum absolute atomic E-state index is 0.0633. The standard InChI is InChI=1S/C35H44N4O6/c1-9-22-18(5)34(44)38-26(22)13-24-20(7)32(16(3)11-30(40)41)28(36-24)15-29-33(17(4)12-31(42)43)21(8)25(37-29)14-27-23(10-2)19(6)35(45)39-27/h13-14,16-17,36-37H,9-12,15H2,1-8H3,(H,38,44)(H,39,45)(H,40,41)(H,42,43)/b26-13-,27-14+/t16-,17-/m0/s1. The first-order chi connectivity index (χ1) is 21.2. The van der Waals surface area contributed by atoms with Crippen LogP contribution in [-0.4, -0.2) is 43.9 Å². The normalized spacial score (nSPS) is 18.3. The third-order valence-corrected chi connectivity index (χ3v) is 9.16. The summed E-state index contributed by atoms with van der Waals surface area (Å²) in [5, 5.41) is 25.2. The molecule has 2 atom stereocenters. The molecular formula is C35H44N4O6. The average molecular weight is 617 g/mol. The van der Waals surface area contributed by atoms with Gasteiger partial charge in [0.05, 0.1) is 12.8 Å². The van der Waals surface area contributed by atoms with Crippen molar-refractivity contribution in [3.8, 4) is 0 Å². The van der Waals surface area contributed by atoms with Gasteiger partial charge in [-0.3, -0.25) is 19.2 Å². The molecule has 2 aromatic rings. The van der Waals surface area contributed by atoms with Crippen molar-refractivity contribution in [3.05, 3.63) is 78.7 Å². The number of hydrogen-bond acceptors (Lipinski definition) is 4.